The first-order valence-corrected chi connectivity index (χ1v) is 4.62. The molecule has 128 valence electrons. The highest BCUT2D eigenvalue weighted by Gasteiger charge is 2.24. The van der Waals surface area contributed by atoms with Gasteiger partial charge in [0, 0.05) is 0 Å². The maximum atomic E-state index is 10.3. The Balaban J connectivity index is 0. The van der Waals surface area contributed by atoms with E-state index in [-0.39, 0.29) is 0 Å². The average molecular weight is 333 g/mol. The molecule has 0 saturated heterocycles. The summed E-state index contributed by atoms with van der Waals surface area (Å²) in [6.45, 7) is -1.90. The number of nitrogens with two attached hydrogens (primary N) is 2. The molecule has 0 fully saturated rings. The number of nitrogens with one attached hydrogen (secondary N) is 1. The van der Waals surface area contributed by atoms with Crippen LogP contribution < -0.4 is 17.3 Å². The first kappa shape index (κ1) is 21.1. The first-order chi connectivity index (χ1) is 10.1. The SMILES string of the molecule is NOCN(CN(CON)[N+](=O)[O-])[N+](=O)[O-].O=[N+]([O-])N[N+](=O)[O-]. The van der Waals surface area contributed by atoms with E-state index in [1.165, 1.54) is 0 Å². The lowest BCUT2D eigenvalue weighted by molar-refractivity contribution is -0.778. The molecular weight excluding hydrogens is 322 g/mol. The van der Waals surface area contributed by atoms with Crippen molar-refractivity contribution in [2.24, 2.45) is 11.8 Å². The van der Waals surface area contributed by atoms with Gasteiger partial charge in [0.05, 0.1) is 0 Å². The summed E-state index contributed by atoms with van der Waals surface area (Å²) >= 11 is 0. The molecule has 0 saturated carbocycles. The zero-order chi connectivity index (χ0) is 17.7. The van der Waals surface area contributed by atoms with E-state index in [0.29, 0.717) is 10.0 Å². The Morgan fingerprint density at radius 1 is 0.818 bits per heavy atom. The van der Waals surface area contributed by atoms with Gasteiger partial charge in [-0.25, -0.2) is 52.3 Å². The zero-order valence-electron chi connectivity index (χ0n) is 10.5. The molecule has 0 aliphatic rings. The molecule has 0 heterocycles. The molecule has 0 aromatic carbocycles. The molecular formula is C3H11N9O10. The number of hydrogen-bond acceptors (Lipinski definition) is 12. The van der Waals surface area contributed by atoms with E-state index in [0.717, 1.165) is 5.53 Å². The summed E-state index contributed by atoms with van der Waals surface area (Å²) in [6, 6.07) is 0. The number of hydrogen-bond donors (Lipinski definition) is 3. The molecule has 19 nitrogen and oxygen atoms in total. The standard InChI is InChI=1S/C3H10N6O6.HN3O4/c4-14-2-6(8(10)11)1-7(3-15-5)9(12)13;4-2(5)1-3(6)7/h1-5H2;1H. The van der Waals surface area contributed by atoms with Crippen LogP contribution in [0.1, 0.15) is 0 Å². The molecule has 5 N–H and O–H groups in total. The van der Waals surface area contributed by atoms with Crippen LogP contribution in [0.15, 0.2) is 0 Å². The second kappa shape index (κ2) is 11.6. The summed E-state index contributed by atoms with van der Waals surface area (Å²) in [4.78, 5) is 46.8. The van der Waals surface area contributed by atoms with Crippen molar-refractivity contribution in [3.8, 4) is 0 Å². The van der Waals surface area contributed by atoms with Gasteiger partial charge in [-0.1, -0.05) is 10.0 Å². The number of nitro groups is 4. The van der Waals surface area contributed by atoms with Crippen molar-refractivity contribution >= 4 is 0 Å². The van der Waals surface area contributed by atoms with Crippen LogP contribution in [-0.4, -0.2) is 50.3 Å². The van der Waals surface area contributed by atoms with E-state index in [4.69, 9.17) is 20.2 Å². The highest BCUT2D eigenvalue weighted by atomic mass is 16.8. The van der Waals surface area contributed by atoms with Crippen LogP contribution in [0.5, 0.6) is 0 Å². The van der Waals surface area contributed by atoms with Gasteiger partial charge in [0.2, 0.25) is 16.7 Å². The Morgan fingerprint density at radius 2 is 1.14 bits per heavy atom. The van der Waals surface area contributed by atoms with Gasteiger partial charge in [0.1, 0.15) is 0 Å². The highest BCUT2D eigenvalue weighted by molar-refractivity contribution is 4.34. The van der Waals surface area contributed by atoms with Crippen molar-refractivity contribution in [2.45, 2.75) is 0 Å². The van der Waals surface area contributed by atoms with Crippen LogP contribution in [0.25, 0.3) is 0 Å². The molecule has 0 atom stereocenters. The Morgan fingerprint density at radius 3 is 1.27 bits per heavy atom. The Labute approximate surface area is 119 Å². The van der Waals surface area contributed by atoms with Gasteiger partial charge in [0.15, 0.2) is 29.1 Å². The summed E-state index contributed by atoms with van der Waals surface area (Å²) in [5.74, 6) is 9.21. The minimum atomic E-state index is -1.25. The first-order valence-electron chi connectivity index (χ1n) is 4.62. The van der Waals surface area contributed by atoms with Crippen LogP contribution in [-0.2, 0) is 9.68 Å². The van der Waals surface area contributed by atoms with Crippen molar-refractivity contribution in [1.29, 1.82) is 0 Å². The fourth-order valence-electron chi connectivity index (χ4n) is 0.706. The molecule has 0 aromatic heterocycles. The fourth-order valence-corrected chi connectivity index (χ4v) is 0.706. The molecule has 22 heavy (non-hydrogen) atoms. The van der Waals surface area contributed by atoms with Crippen LogP contribution in [0.4, 0.5) is 0 Å². The third kappa shape index (κ3) is 11.9. The Hall–Kier alpha value is -3.16. The van der Waals surface area contributed by atoms with Crippen molar-refractivity contribution in [2.75, 3.05) is 20.1 Å². The summed E-state index contributed by atoms with van der Waals surface area (Å²) in [7, 11) is 0. The Kier molecular flexibility index (Phi) is 11.2. The second-order valence-electron chi connectivity index (χ2n) is 2.84. The van der Waals surface area contributed by atoms with E-state index < -0.39 is 40.3 Å². The maximum absolute atomic E-state index is 10.3. The van der Waals surface area contributed by atoms with Crippen molar-refractivity contribution in [3.63, 3.8) is 0 Å². The van der Waals surface area contributed by atoms with Crippen LogP contribution in [0.2, 0.25) is 0 Å². The largest absolute Gasteiger partial charge is 0.277 e. The molecule has 0 aliphatic carbocycles. The van der Waals surface area contributed by atoms with Gasteiger partial charge < -0.3 is 0 Å². The van der Waals surface area contributed by atoms with Crippen molar-refractivity contribution < 1.29 is 29.8 Å². The molecule has 0 spiro atoms. The van der Waals surface area contributed by atoms with Crippen LogP contribution >= 0.6 is 0 Å². The van der Waals surface area contributed by atoms with Gasteiger partial charge >= 0.3 is 0 Å². The number of nitrogens with zero attached hydrogens (tertiary/aromatic N) is 6. The predicted molar refractivity (Wildman–Crippen MR) is 59.9 cm³/mol. The molecule has 0 amide bonds. The van der Waals surface area contributed by atoms with E-state index in [9.17, 15) is 20.2 Å². The predicted octanol–water partition coefficient (Wildman–Crippen LogP) is -3.41. The third-order valence-corrected chi connectivity index (χ3v) is 1.40. The molecule has 0 rings (SSSR count). The highest BCUT2D eigenvalue weighted by Crippen LogP contribution is 1.95. The maximum Gasteiger partial charge on any atom is 0.220 e. The quantitative estimate of drug-likeness (QED) is 0.199. The second-order valence-corrected chi connectivity index (χ2v) is 2.84. The van der Waals surface area contributed by atoms with Crippen LogP contribution in [0.3, 0.4) is 0 Å². The van der Waals surface area contributed by atoms with E-state index in [2.05, 4.69) is 21.5 Å². The van der Waals surface area contributed by atoms with E-state index >= 15 is 0 Å². The van der Waals surface area contributed by atoms with Gasteiger partial charge in [-0.05, 0) is 0 Å². The lowest BCUT2D eigenvalue weighted by Crippen LogP contribution is -2.46. The molecule has 0 aromatic rings. The Bertz CT molecular complexity index is 354. The van der Waals surface area contributed by atoms with Gasteiger partial charge in [-0.15, -0.1) is 0 Å². The summed E-state index contributed by atoms with van der Waals surface area (Å²) in [6.07, 6.45) is 0. The topological polar surface area (TPSA) is 262 Å². The number of hydrazine groups is 4. The normalized spacial score (nSPS) is 9.00. The van der Waals surface area contributed by atoms with Gasteiger partial charge in [-0.3, -0.25) is 9.68 Å². The lowest BCUT2D eigenvalue weighted by atomic mass is 10.9. The van der Waals surface area contributed by atoms with Crippen molar-refractivity contribution in [3.05, 3.63) is 40.5 Å². The minimum absolute atomic E-state index is 0.363. The average Bonchev–Trinajstić information content (AvgIpc) is 2.35. The van der Waals surface area contributed by atoms with E-state index in [1.807, 2.05) is 0 Å². The van der Waals surface area contributed by atoms with Gasteiger partial charge in [0.25, 0.3) is 0 Å². The summed E-state index contributed by atoms with van der Waals surface area (Å²) < 4.78 is 0. The molecule has 19 heteroatoms. The molecule has 0 unspecified atom stereocenters. The third-order valence-electron chi connectivity index (χ3n) is 1.40. The van der Waals surface area contributed by atoms with Crippen LogP contribution in [0, 0.1) is 40.5 Å². The fraction of sp³-hybridized carbons (Fsp3) is 1.00. The zero-order valence-corrected chi connectivity index (χ0v) is 10.5. The molecule has 0 radical (unpaired) electrons. The summed E-state index contributed by atoms with van der Waals surface area (Å²) in [5.41, 5.74) is 0.750. The van der Waals surface area contributed by atoms with Crippen molar-refractivity contribution in [1.82, 2.24) is 15.6 Å². The minimum Gasteiger partial charge on any atom is -0.277 e. The molecule has 0 bridgehead atoms. The van der Waals surface area contributed by atoms with Gasteiger partial charge in [-0.2, -0.15) is 0 Å². The number of rotatable bonds is 10. The van der Waals surface area contributed by atoms with E-state index in [1.54, 1.807) is 0 Å². The summed E-state index contributed by atoms with van der Waals surface area (Å²) in [5, 5.41) is 35.2. The lowest BCUT2D eigenvalue weighted by Gasteiger charge is -2.17. The smallest absolute Gasteiger partial charge is 0.220 e. The molecule has 0 aliphatic heterocycles. The monoisotopic (exact) mass is 333 g/mol.